The van der Waals surface area contributed by atoms with Crippen LogP contribution in [0.4, 0.5) is 5.69 Å². The second kappa shape index (κ2) is 8.19. The normalized spacial score (nSPS) is 14.1. The van der Waals surface area contributed by atoms with Crippen LogP contribution < -0.4 is 4.90 Å². The average molecular weight is 422 g/mol. The Morgan fingerprint density at radius 3 is 2.26 bits per heavy atom. The van der Waals surface area contributed by atoms with Crippen LogP contribution in [0.25, 0.3) is 16.7 Å². The van der Waals surface area contributed by atoms with Crippen molar-refractivity contribution in [2.45, 2.75) is 13.8 Å². The summed E-state index contributed by atoms with van der Waals surface area (Å²) >= 11 is 0. The molecule has 9 heteroatoms. The van der Waals surface area contributed by atoms with E-state index in [0.29, 0.717) is 16.7 Å². The largest absolute Gasteiger partial charge is 0.466 e. The SMILES string of the molecule is COC(=O)C1=C(C(=O)OC)N(c2cc3nn(-c4ccc(C)cc4)nc3cc2C)COC1. The Kier molecular flexibility index (Phi) is 5.43. The molecule has 0 radical (unpaired) electrons. The number of carbonyl (C=O) groups is 2. The van der Waals surface area contributed by atoms with Crippen molar-refractivity contribution in [1.82, 2.24) is 15.0 Å². The van der Waals surface area contributed by atoms with Gasteiger partial charge in [-0.3, -0.25) is 0 Å². The third-order valence-corrected chi connectivity index (χ3v) is 5.09. The lowest BCUT2D eigenvalue weighted by Gasteiger charge is -2.32. The van der Waals surface area contributed by atoms with Crippen molar-refractivity contribution in [1.29, 1.82) is 0 Å². The summed E-state index contributed by atoms with van der Waals surface area (Å²) in [4.78, 5) is 28.0. The molecular weight excluding hydrogens is 400 g/mol. The van der Waals surface area contributed by atoms with Crippen LogP contribution in [0.2, 0.25) is 0 Å². The van der Waals surface area contributed by atoms with Crippen LogP contribution in [0.15, 0.2) is 47.7 Å². The number of aryl methyl sites for hydroxylation is 2. The van der Waals surface area contributed by atoms with E-state index in [4.69, 9.17) is 14.2 Å². The van der Waals surface area contributed by atoms with Gasteiger partial charge < -0.3 is 19.1 Å². The number of ether oxygens (including phenoxy) is 3. The first-order chi connectivity index (χ1) is 14.9. The number of anilines is 1. The number of methoxy groups -OCH3 is 2. The van der Waals surface area contributed by atoms with E-state index in [1.54, 1.807) is 9.70 Å². The maximum absolute atomic E-state index is 12.6. The zero-order chi connectivity index (χ0) is 22.1. The molecule has 0 atom stereocenters. The number of benzene rings is 2. The number of fused-ring (bicyclic) bond motifs is 1. The topological polar surface area (TPSA) is 95.8 Å². The van der Waals surface area contributed by atoms with Crippen LogP contribution >= 0.6 is 0 Å². The second-order valence-electron chi connectivity index (χ2n) is 7.17. The Balaban J connectivity index is 1.82. The Bertz CT molecular complexity index is 1200. The van der Waals surface area contributed by atoms with Gasteiger partial charge in [0.05, 0.1) is 32.1 Å². The monoisotopic (exact) mass is 422 g/mol. The lowest BCUT2D eigenvalue weighted by molar-refractivity contribution is -0.140. The van der Waals surface area contributed by atoms with Crippen molar-refractivity contribution in [2.24, 2.45) is 0 Å². The van der Waals surface area contributed by atoms with Gasteiger partial charge in [-0.2, -0.15) is 4.80 Å². The van der Waals surface area contributed by atoms with E-state index in [9.17, 15) is 9.59 Å². The summed E-state index contributed by atoms with van der Waals surface area (Å²) in [5.41, 5.74) is 5.01. The zero-order valence-corrected chi connectivity index (χ0v) is 17.7. The summed E-state index contributed by atoms with van der Waals surface area (Å²) in [6.07, 6.45) is 0. The number of esters is 2. The summed E-state index contributed by atoms with van der Waals surface area (Å²) in [5.74, 6) is -1.29. The molecule has 31 heavy (non-hydrogen) atoms. The highest BCUT2D eigenvalue weighted by Crippen LogP contribution is 2.31. The summed E-state index contributed by atoms with van der Waals surface area (Å²) in [5, 5.41) is 9.15. The van der Waals surface area contributed by atoms with Crippen molar-refractivity contribution in [3.05, 3.63) is 58.8 Å². The quantitative estimate of drug-likeness (QED) is 0.592. The maximum Gasteiger partial charge on any atom is 0.355 e. The van der Waals surface area contributed by atoms with E-state index in [2.05, 4.69) is 10.2 Å². The minimum atomic E-state index is -0.647. The minimum absolute atomic E-state index is 0.0431. The fourth-order valence-electron chi connectivity index (χ4n) is 3.47. The molecule has 0 fully saturated rings. The lowest BCUT2D eigenvalue weighted by atomic mass is 10.1. The van der Waals surface area contributed by atoms with Gasteiger partial charge in [-0.1, -0.05) is 17.7 Å². The molecular formula is C22H22N4O5. The number of hydrogen-bond acceptors (Lipinski definition) is 8. The van der Waals surface area contributed by atoms with Crippen LogP contribution in [0.3, 0.4) is 0 Å². The van der Waals surface area contributed by atoms with Gasteiger partial charge in [-0.05, 0) is 43.7 Å². The molecule has 9 nitrogen and oxygen atoms in total. The number of hydrogen-bond donors (Lipinski definition) is 0. The van der Waals surface area contributed by atoms with Gasteiger partial charge in [0, 0.05) is 5.69 Å². The molecule has 0 unspecified atom stereocenters. The number of aromatic nitrogens is 3. The lowest BCUT2D eigenvalue weighted by Crippen LogP contribution is -2.39. The van der Waals surface area contributed by atoms with Crippen LogP contribution in [0.1, 0.15) is 11.1 Å². The van der Waals surface area contributed by atoms with E-state index in [1.807, 2.05) is 50.2 Å². The third kappa shape index (κ3) is 3.75. The Morgan fingerprint density at radius 1 is 0.968 bits per heavy atom. The highest BCUT2D eigenvalue weighted by Gasteiger charge is 2.33. The summed E-state index contributed by atoms with van der Waals surface area (Å²) in [7, 11) is 2.52. The molecule has 2 aromatic carbocycles. The van der Waals surface area contributed by atoms with Crippen molar-refractivity contribution in [3.8, 4) is 5.69 Å². The first-order valence-electron chi connectivity index (χ1n) is 9.62. The first kappa shape index (κ1) is 20.5. The predicted molar refractivity (Wildman–Crippen MR) is 113 cm³/mol. The fourth-order valence-corrected chi connectivity index (χ4v) is 3.47. The smallest absolute Gasteiger partial charge is 0.355 e. The molecule has 1 aliphatic heterocycles. The van der Waals surface area contributed by atoms with Crippen LogP contribution in [-0.4, -0.2) is 54.5 Å². The first-order valence-corrected chi connectivity index (χ1v) is 9.62. The van der Waals surface area contributed by atoms with E-state index in [-0.39, 0.29) is 24.6 Å². The minimum Gasteiger partial charge on any atom is -0.466 e. The second-order valence-corrected chi connectivity index (χ2v) is 7.17. The van der Waals surface area contributed by atoms with E-state index in [0.717, 1.165) is 16.8 Å². The van der Waals surface area contributed by atoms with Crippen molar-refractivity contribution >= 4 is 28.7 Å². The van der Waals surface area contributed by atoms with Gasteiger partial charge in [0.25, 0.3) is 0 Å². The van der Waals surface area contributed by atoms with E-state index < -0.39 is 11.9 Å². The van der Waals surface area contributed by atoms with Crippen LogP contribution in [0, 0.1) is 13.8 Å². The highest BCUT2D eigenvalue weighted by atomic mass is 16.5. The van der Waals surface area contributed by atoms with Gasteiger partial charge in [0.15, 0.2) is 0 Å². The van der Waals surface area contributed by atoms with Gasteiger partial charge in [0.2, 0.25) is 0 Å². The van der Waals surface area contributed by atoms with Crippen molar-refractivity contribution in [3.63, 3.8) is 0 Å². The molecule has 0 aliphatic carbocycles. The molecule has 0 saturated heterocycles. The Labute approximate surface area is 178 Å². The van der Waals surface area contributed by atoms with Crippen LogP contribution in [-0.2, 0) is 23.8 Å². The van der Waals surface area contributed by atoms with E-state index in [1.165, 1.54) is 14.2 Å². The number of carbonyl (C=O) groups excluding carboxylic acids is 2. The standard InChI is InChI=1S/C22H22N4O5/c1-13-5-7-15(8-6-13)26-23-17-9-14(2)19(10-18(17)24-26)25-12-31-11-16(21(27)29-3)20(25)22(28)30-4/h5-10H,11-12H2,1-4H3. The molecule has 0 N–H and O–H groups in total. The highest BCUT2D eigenvalue weighted by molar-refractivity contribution is 6.04. The molecule has 0 saturated carbocycles. The van der Waals surface area contributed by atoms with Crippen LogP contribution in [0.5, 0.6) is 0 Å². The number of nitrogens with zero attached hydrogens (tertiary/aromatic N) is 4. The molecule has 0 bridgehead atoms. The molecule has 0 amide bonds. The molecule has 1 aromatic heterocycles. The van der Waals surface area contributed by atoms with Gasteiger partial charge >= 0.3 is 11.9 Å². The molecule has 160 valence electrons. The summed E-state index contributed by atoms with van der Waals surface area (Å²) < 4.78 is 15.3. The molecule has 4 rings (SSSR count). The van der Waals surface area contributed by atoms with Gasteiger partial charge in [0.1, 0.15) is 23.5 Å². The average Bonchev–Trinajstić information content (AvgIpc) is 3.20. The molecule has 3 aromatic rings. The Morgan fingerprint density at radius 2 is 1.61 bits per heavy atom. The molecule has 0 spiro atoms. The Hall–Kier alpha value is -3.72. The predicted octanol–water partition coefficient (Wildman–Crippen LogP) is 2.43. The number of rotatable bonds is 4. The summed E-state index contributed by atoms with van der Waals surface area (Å²) in [6.45, 7) is 3.94. The zero-order valence-electron chi connectivity index (χ0n) is 17.7. The molecule has 2 heterocycles. The van der Waals surface area contributed by atoms with Crippen molar-refractivity contribution in [2.75, 3.05) is 32.5 Å². The maximum atomic E-state index is 12.6. The van der Waals surface area contributed by atoms with Gasteiger partial charge in [-0.15, -0.1) is 10.2 Å². The van der Waals surface area contributed by atoms with Gasteiger partial charge in [-0.25, -0.2) is 9.59 Å². The van der Waals surface area contributed by atoms with Crippen molar-refractivity contribution < 1.29 is 23.8 Å². The van der Waals surface area contributed by atoms with E-state index >= 15 is 0 Å². The third-order valence-electron chi connectivity index (χ3n) is 5.09. The fraction of sp³-hybridized carbons (Fsp3) is 0.273. The summed E-state index contributed by atoms with van der Waals surface area (Å²) in [6, 6.07) is 11.6. The molecule has 1 aliphatic rings.